The Balaban J connectivity index is 0.000000320. The number of carbonyl (C=O) groups is 2. The van der Waals surface area contributed by atoms with Crippen molar-refractivity contribution in [3.05, 3.63) is 57.6 Å². The third-order valence-corrected chi connectivity index (χ3v) is 3.90. The smallest absolute Gasteiger partial charge is 0.387 e. The van der Waals surface area contributed by atoms with Crippen LogP contribution in [0.4, 0.5) is 17.6 Å². The highest BCUT2D eigenvalue weighted by Crippen LogP contribution is 2.24. The molecule has 0 aromatic heterocycles. The molecule has 12 heteroatoms. The van der Waals surface area contributed by atoms with Gasteiger partial charge in [-0.1, -0.05) is 23.2 Å². The fourth-order valence-corrected chi connectivity index (χ4v) is 2.76. The van der Waals surface area contributed by atoms with E-state index < -0.39 is 25.2 Å². The molecule has 2 rings (SSSR count). The van der Waals surface area contributed by atoms with Gasteiger partial charge in [-0.3, -0.25) is 9.59 Å². The Hall–Kier alpha value is -2.72. The molecule has 0 heterocycles. The summed E-state index contributed by atoms with van der Waals surface area (Å²) in [6.07, 6.45) is -0.0900. The zero-order valence-electron chi connectivity index (χ0n) is 16.8. The van der Waals surface area contributed by atoms with Crippen molar-refractivity contribution in [2.45, 2.75) is 26.1 Å². The Morgan fingerprint density at radius 2 is 1.06 bits per heavy atom. The summed E-state index contributed by atoms with van der Waals surface area (Å²) in [5, 5.41) is 0.439. The van der Waals surface area contributed by atoms with Crippen LogP contribution in [0.2, 0.25) is 10.0 Å². The van der Waals surface area contributed by atoms with Gasteiger partial charge in [0.15, 0.2) is 0 Å². The molecule has 0 spiro atoms. The summed E-state index contributed by atoms with van der Waals surface area (Å²) in [6, 6.07) is 8.08. The van der Waals surface area contributed by atoms with Crippen LogP contribution in [-0.2, 0) is 31.9 Å². The van der Waals surface area contributed by atoms with Crippen molar-refractivity contribution in [2.75, 3.05) is 14.2 Å². The van der Waals surface area contributed by atoms with E-state index in [9.17, 15) is 27.2 Å². The van der Waals surface area contributed by atoms with Gasteiger partial charge in [0.25, 0.3) is 0 Å². The maximum atomic E-state index is 12.0. The number of halogens is 6. The zero-order chi connectivity index (χ0) is 24.3. The largest absolute Gasteiger partial charge is 0.469 e. The van der Waals surface area contributed by atoms with Crippen molar-refractivity contribution in [3.8, 4) is 11.5 Å². The Bertz CT molecular complexity index is 838. The third-order valence-electron chi connectivity index (χ3n) is 3.46. The van der Waals surface area contributed by atoms with E-state index in [4.69, 9.17) is 23.2 Å². The third kappa shape index (κ3) is 11.1. The topological polar surface area (TPSA) is 71.1 Å². The second-order valence-corrected chi connectivity index (χ2v) is 6.73. The minimum atomic E-state index is -2.93. The number of esters is 2. The molecule has 176 valence electrons. The first-order valence-electron chi connectivity index (χ1n) is 8.64. The van der Waals surface area contributed by atoms with E-state index in [1.54, 1.807) is 0 Å². The van der Waals surface area contributed by atoms with Crippen molar-refractivity contribution in [1.82, 2.24) is 0 Å². The Morgan fingerprint density at radius 1 is 0.719 bits per heavy atom. The number of rotatable bonds is 8. The van der Waals surface area contributed by atoms with Gasteiger partial charge >= 0.3 is 25.2 Å². The number of alkyl halides is 4. The van der Waals surface area contributed by atoms with Crippen LogP contribution < -0.4 is 9.47 Å². The fraction of sp³-hybridized carbons (Fsp3) is 0.300. The summed E-state index contributed by atoms with van der Waals surface area (Å²) in [7, 11) is 2.48. The van der Waals surface area contributed by atoms with Crippen LogP contribution in [0, 0.1) is 0 Å². The fourth-order valence-electron chi connectivity index (χ4n) is 2.27. The molecule has 0 aliphatic rings. The van der Waals surface area contributed by atoms with Crippen molar-refractivity contribution in [1.29, 1.82) is 0 Å². The monoisotopic (exact) mass is 500 g/mol. The van der Waals surface area contributed by atoms with Gasteiger partial charge in [0, 0.05) is 10.0 Å². The molecule has 0 atom stereocenters. The van der Waals surface area contributed by atoms with Gasteiger partial charge in [-0.05, 0) is 47.5 Å². The van der Waals surface area contributed by atoms with E-state index in [0.717, 1.165) is 0 Å². The van der Waals surface area contributed by atoms with Gasteiger partial charge in [-0.2, -0.15) is 17.6 Å². The summed E-state index contributed by atoms with van der Waals surface area (Å²) < 4.78 is 65.1. The minimum absolute atomic E-state index is 0.0450. The number of hydrogen-bond acceptors (Lipinski definition) is 6. The van der Waals surface area contributed by atoms with Crippen LogP contribution in [0.3, 0.4) is 0 Å². The number of carbonyl (C=O) groups excluding carboxylic acids is 2. The van der Waals surface area contributed by atoms with Crippen molar-refractivity contribution >= 4 is 35.1 Å². The molecule has 0 bridgehead atoms. The van der Waals surface area contributed by atoms with Gasteiger partial charge in [0.1, 0.15) is 11.5 Å². The molecule has 0 aliphatic heterocycles. The van der Waals surface area contributed by atoms with Gasteiger partial charge < -0.3 is 18.9 Å². The molecule has 0 aliphatic carbocycles. The lowest BCUT2D eigenvalue weighted by Crippen LogP contribution is -2.06. The molecule has 6 nitrogen and oxygen atoms in total. The first-order valence-corrected chi connectivity index (χ1v) is 9.40. The standard InChI is InChI=1S/2C10H9ClF2O3/c2*1-15-9(14)4-6-2-7(11)5-8(3-6)16-10(12)13/h2*2-3,5,10H,4H2,1H3. The van der Waals surface area contributed by atoms with Gasteiger partial charge in [-0.25, -0.2) is 0 Å². The van der Waals surface area contributed by atoms with E-state index in [1.807, 2.05) is 0 Å². The summed E-state index contributed by atoms with van der Waals surface area (Å²) in [5.41, 5.74) is 0.907. The average Bonchev–Trinajstić information content (AvgIpc) is 2.66. The van der Waals surface area contributed by atoms with Crippen molar-refractivity contribution in [3.63, 3.8) is 0 Å². The van der Waals surface area contributed by atoms with E-state index in [2.05, 4.69) is 18.9 Å². The Morgan fingerprint density at radius 3 is 1.34 bits per heavy atom. The first kappa shape index (κ1) is 27.3. The van der Waals surface area contributed by atoms with Crippen LogP contribution in [0.15, 0.2) is 36.4 Å². The molecule has 2 aromatic carbocycles. The van der Waals surface area contributed by atoms with Crippen LogP contribution in [0.25, 0.3) is 0 Å². The Kier molecular flexibility index (Phi) is 11.6. The quantitative estimate of drug-likeness (QED) is 0.361. The van der Waals surface area contributed by atoms with E-state index in [1.165, 1.54) is 50.6 Å². The second kappa shape index (κ2) is 13.6. The molecular weight excluding hydrogens is 483 g/mol. The lowest BCUT2D eigenvalue weighted by atomic mass is 10.1. The van der Waals surface area contributed by atoms with E-state index >= 15 is 0 Å². The molecule has 32 heavy (non-hydrogen) atoms. The summed E-state index contributed by atoms with van der Waals surface area (Å²) in [5.74, 6) is -1.13. The van der Waals surface area contributed by atoms with Crippen LogP contribution in [0.5, 0.6) is 11.5 Å². The minimum Gasteiger partial charge on any atom is -0.469 e. The predicted octanol–water partition coefficient (Wildman–Crippen LogP) is 5.31. The normalized spacial score (nSPS) is 10.3. The molecule has 0 N–H and O–H groups in total. The van der Waals surface area contributed by atoms with Gasteiger partial charge in [0.05, 0.1) is 27.1 Å². The van der Waals surface area contributed by atoms with Crippen LogP contribution in [-0.4, -0.2) is 39.4 Å². The molecule has 0 amide bonds. The van der Waals surface area contributed by atoms with Crippen LogP contribution >= 0.6 is 23.2 Å². The highest BCUT2D eigenvalue weighted by molar-refractivity contribution is 6.31. The van der Waals surface area contributed by atoms with Crippen molar-refractivity contribution in [2.24, 2.45) is 0 Å². The molecular formula is C20H18Cl2F4O6. The maximum absolute atomic E-state index is 12.0. The second-order valence-electron chi connectivity index (χ2n) is 5.85. The summed E-state index contributed by atoms with van der Waals surface area (Å²) >= 11 is 11.4. The molecule has 0 saturated heterocycles. The van der Waals surface area contributed by atoms with Crippen LogP contribution in [0.1, 0.15) is 11.1 Å². The first-order chi connectivity index (χ1) is 15.0. The number of methoxy groups -OCH3 is 2. The number of benzene rings is 2. The molecule has 0 radical (unpaired) electrons. The van der Waals surface area contributed by atoms with Crippen molar-refractivity contribution < 1.29 is 46.1 Å². The number of hydrogen-bond donors (Lipinski definition) is 0. The summed E-state index contributed by atoms with van der Waals surface area (Å²) in [4.78, 5) is 21.9. The molecule has 0 fully saturated rings. The Labute approximate surface area is 190 Å². The van der Waals surface area contributed by atoms with Gasteiger partial charge in [0.2, 0.25) is 0 Å². The average molecular weight is 501 g/mol. The molecule has 0 unspecified atom stereocenters. The molecule has 2 aromatic rings. The summed E-state index contributed by atoms with van der Waals surface area (Å²) in [6.45, 7) is -5.85. The number of ether oxygens (including phenoxy) is 4. The highest BCUT2D eigenvalue weighted by atomic mass is 35.5. The SMILES string of the molecule is COC(=O)Cc1cc(Cl)cc(OC(F)F)c1.COC(=O)Cc1cc(Cl)cc(OC(F)F)c1. The highest BCUT2D eigenvalue weighted by Gasteiger charge is 2.10. The maximum Gasteiger partial charge on any atom is 0.387 e. The van der Waals surface area contributed by atoms with Gasteiger partial charge in [-0.15, -0.1) is 0 Å². The lowest BCUT2D eigenvalue weighted by molar-refractivity contribution is -0.140. The molecule has 0 saturated carbocycles. The zero-order valence-corrected chi connectivity index (χ0v) is 18.3. The predicted molar refractivity (Wildman–Crippen MR) is 108 cm³/mol. The van der Waals surface area contributed by atoms with E-state index in [-0.39, 0.29) is 34.4 Å². The van der Waals surface area contributed by atoms with E-state index in [0.29, 0.717) is 11.1 Å². The lowest BCUT2D eigenvalue weighted by Gasteiger charge is -2.07.